The highest BCUT2D eigenvalue weighted by Crippen LogP contribution is 2.27. The van der Waals surface area contributed by atoms with E-state index in [9.17, 15) is 14.4 Å². The van der Waals surface area contributed by atoms with Crippen LogP contribution < -0.4 is 5.32 Å². The highest BCUT2D eigenvalue weighted by Gasteiger charge is 2.37. The van der Waals surface area contributed by atoms with Crippen LogP contribution >= 0.6 is 11.6 Å². The van der Waals surface area contributed by atoms with E-state index in [0.29, 0.717) is 11.3 Å². The molecule has 0 spiro atoms. The maximum atomic E-state index is 12.8. The second-order valence-corrected chi connectivity index (χ2v) is 7.45. The Morgan fingerprint density at radius 3 is 2.41 bits per heavy atom. The number of nitrogens with zero attached hydrogens (tertiary/aromatic N) is 2. The van der Waals surface area contributed by atoms with Gasteiger partial charge in [0.2, 0.25) is 0 Å². The Kier molecular flexibility index (Phi) is 5.36. The average molecular weight is 410 g/mol. The third-order valence-electron chi connectivity index (χ3n) is 5.07. The van der Waals surface area contributed by atoms with Crippen molar-refractivity contribution in [2.24, 2.45) is 0 Å². The fraction of sp³-hybridized carbons (Fsp3) is 0.227. The third-order valence-corrected chi connectivity index (χ3v) is 5.42. The third kappa shape index (κ3) is 3.89. The van der Waals surface area contributed by atoms with Crippen LogP contribution in [0.4, 0.5) is 5.69 Å². The van der Waals surface area contributed by atoms with E-state index in [1.807, 2.05) is 35.2 Å². The number of nitrogens with one attached hydrogen (secondary N) is 1. The van der Waals surface area contributed by atoms with Gasteiger partial charge in [0.25, 0.3) is 17.7 Å². The van der Waals surface area contributed by atoms with Crippen LogP contribution in [-0.2, 0) is 16.1 Å². The summed E-state index contributed by atoms with van der Waals surface area (Å²) < 4.78 is 0. The van der Waals surface area contributed by atoms with Crippen molar-refractivity contribution >= 4 is 35.0 Å². The lowest BCUT2D eigenvalue weighted by atomic mass is 10.1. The fourth-order valence-electron chi connectivity index (χ4n) is 3.54. The highest BCUT2D eigenvalue weighted by atomic mass is 35.5. The van der Waals surface area contributed by atoms with E-state index in [0.717, 1.165) is 36.4 Å². The van der Waals surface area contributed by atoms with Crippen molar-refractivity contribution in [1.82, 2.24) is 9.80 Å². The number of likely N-dealkylation sites (tertiary alicyclic amines) is 1. The molecule has 2 aliphatic heterocycles. The number of anilines is 1. The number of imide groups is 1. The molecule has 3 amide bonds. The van der Waals surface area contributed by atoms with E-state index < -0.39 is 11.8 Å². The maximum Gasteiger partial charge on any atom is 0.279 e. The van der Waals surface area contributed by atoms with Crippen molar-refractivity contribution in [3.05, 3.63) is 76.5 Å². The predicted octanol–water partition coefficient (Wildman–Crippen LogP) is 3.35. The monoisotopic (exact) mass is 409 g/mol. The molecule has 0 saturated carbocycles. The first-order valence-electron chi connectivity index (χ1n) is 9.51. The Labute approximate surface area is 173 Å². The Morgan fingerprint density at radius 2 is 1.69 bits per heavy atom. The molecule has 29 heavy (non-hydrogen) atoms. The molecule has 6 nitrogen and oxygen atoms in total. The number of hydrogen-bond donors (Lipinski definition) is 1. The molecular formula is C22H20ClN3O3. The Balaban J connectivity index is 1.51. The van der Waals surface area contributed by atoms with Gasteiger partial charge in [-0.15, -0.1) is 0 Å². The van der Waals surface area contributed by atoms with Crippen LogP contribution in [0.1, 0.15) is 28.8 Å². The van der Waals surface area contributed by atoms with Crippen molar-refractivity contribution in [3.63, 3.8) is 0 Å². The van der Waals surface area contributed by atoms with Gasteiger partial charge < -0.3 is 10.2 Å². The number of halogens is 1. The molecular weight excluding hydrogens is 390 g/mol. The summed E-state index contributed by atoms with van der Waals surface area (Å²) in [5.41, 5.74) is 1.92. The van der Waals surface area contributed by atoms with Crippen LogP contribution in [0, 0.1) is 0 Å². The zero-order valence-electron chi connectivity index (χ0n) is 15.7. The minimum absolute atomic E-state index is 0.0263. The second kappa shape index (κ2) is 8.09. The summed E-state index contributed by atoms with van der Waals surface area (Å²) >= 11 is 6.17. The minimum Gasteiger partial charge on any atom is -0.350 e. The van der Waals surface area contributed by atoms with Crippen LogP contribution in [0.25, 0.3) is 0 Å². The zero-order valence-corrected chi connectivity index (χ0v) is 16.5. The number of carbonyl (C=O) groups excluding carboxylic acids is 3. The molecule has 2 aliphatic rings. The molecule has 2 aromatic rings. The highest BCUT2D eigenvalue weighted by molar-refractivity contribution is 6.48. The van der Waals surface area contributed by atoms with E-state index >= 15 is 0 Å². The summed E-state index contributed by atoms with van der Waals surface area (Å²) in [5, 5.41) is 2.79. The standard InChI is InChI=1S/C22H20ClN3O3/c23-18-19(22(29)26(21(18)28)14-15-7-2-1-3-8-15)24-17-10-6-9-16(13-17)20(27)25-11-4-5-12-25/h1-3,6-10,13,24H,4-5,11-12,14H2. The van der Waals surface area contributed by atoms with Gasteiger partial charge in [0.05, 0.1) is 6.54 Å². The van der Waals surface area contributed by atoms with E-state index in [2.05, 4.69) is 5.32 Å². The molecule has 1 N–H and O–H groups in total. The lowest BCUT2D eigenvalue weighted by molar-refractivity contribution is -0.138. The molecule has 0 aliphatic carbocycles. The van der Waals surface area contributed by atoms with Crippen LogP contribution in [-0.4, -0.2) is 40.6 Å². The average Bonchev–Trinajstić information content (AvgIpc) is 3.35. The van der Waals surface area contributed by atoms with E-state index in [1.165, 1.54) is 0 Å². The molecule has 7 heteroatoms. The summed E-state index contributed by atoms with van der Waals surface area (Å²) in [6, 6.07) is 16.1. The van der Waals surface area contributed by atoms with Crippen molar-refractivity contribution < 1.29 is 14.4 Å². The normalized spacial score (nSPS) is 16.7. The molecule has 1 saturated heterocycles. The Bertz CT molecular complexity index is 997. The predicted molar refractivity (Wildman–Crippen MR) is 110 cm³/mol. The van der Waals surface area contributed by atoms with Gasteiger partial charge in [-0.25, -0.2) is 0 Å². The fourth-order valence-corrected chi connectivity index (χ4v) is 3.77. The minimum atomic E-state index is -0.535. The van der Waals surface area contributed by atoms with Gasteiger partial charge in [0.1, 0.15) is 10.7 Å². The summed E-state index contributed by atoms with van der Waals surface area (Å²) in [4.78, 5) is 40.8. The van der Waals surface area contributed by atoms with Crippen molar-refractivity contribution in [1.29, 1.82) is 0 Å². The van der Waals surface area contributed by atoms with Gasteiger partial charge in [-0.05, 0) is 36.6 Å². The first-order chi connectivity index (χ1) is 14.0. The number of rotatable bonds is 5. The molecule has 2 aromatic carbocycles. The molecule has 0 aromatic heterocycles. The van der Waals surface area contributed by atoms with E-state index in [-0.39, 0.29) is 23.2 Å². The molecule has 0 radical (unpaired) electrons. The molecule has 148 valence electrons. The van der Waals surface area contributed by atoms with Gasteiger partial charge in [-0.2, -0.15) is 0 Å². The summed E-state index contributed by atoms with van der Waals surface area (Å²) in [6.07, 6.45) is 2.03. The quantitative estimate of drug-likeness (QED) is 0.769. The first kappa shape index (κ1) is 19.2. The van der Waals surface area contributed by atoms with Gasteiger partial charge in [0.15, 0.2) is 0 Å². The summed E-state index contributed by atoms with van der Waals surface area (Å²) in [5.74, 6) is -1.06. The number of benzene rings is 2. The van der Waals surface area contributed by atoms with E-state index in [1.54, 1.807) is 24.3 Å². The van der Waals surface area contributed by atoms with Gasteiger partial charge in [-0.1, -0.05) is 48.0 Å². The topological polar surface area (TPSA) is 69.7 Å². The van der Waals surface area contributed by atoms with Crippen LogP contribution in [0.3, 0.4) is 0 Å². The number of hydrogen-bond acceptors (Lipinski definition) is 4. The maximum absolute atomic E-state index is 12.8. The van der Waals surface area contributed by atoms with Gasteiger partial charge >= 0.3 is 0 Å². The van der Waals surface area contributed by atoms with Gasteiger partial charge in [0, 0.05) is 24.3 Å². The lowest BCUT2D eigenvalue weighted by Gasteiger charge is -2.17. The van der Waals surface area contributed by atoms with E-state index in [4.69, 9.17) is 11.6 Å². The summed E-state index contributed by atoms with van der Waals surface area (Å²) in [7, 11) is 0. The Morgan fingerprint density at radius 1 is 0.966 bits per heavy atom. The molecule has 2 heterocycles. The molecule has 1 fully saturated rings. The largest absolute Gasteiger partial charge is 0.350 e. The van der Waals surface area contributed by atoms with Crippen LogP contribution in [0.2, 0.25) is 0 Å². The van der Waals surface area contributed by atoms with Crippen LogP contribution in [0.5, 0.6) is 0 Å². The second-order valence-electron chi connectivity index (χ2n) is 7.08. The molecule has 0 unspecified atom stereocenters. The Hall–Kier alpha value is -3.12. The number of amides is 3. The summed E-state index contributed by atoms with van der Waals surface area (Å²) in [6.45, 7) is 1.66. The smallest absolute Gasteiger partial charge is 0.279 e. The van der Waals surface area contributed by atoms with Gasteiger partial charge in [-0.3, -0.25) is 19.3 Å². The van der Waals surface area contributed by atoms with Crippen molar-refractivity contribution in [2.75, 3.05) is 18.4 Å². The molecule has 4 rings (SSSR count). The number of carbonyl (C=O) groups is 3. The van der Waals surface area contributed by atoms with Crippen LogP contribution in [0.15, 0.2) is 65.3 Å². The first-order valence-corrected chi connectivity index (χ1v) is 9.88. The molecule has 0 bridgehead atoms. The lowest BCUT2D eigenvalue weighted by Crippen LogP contribution is -2.31. The molecule has 0 atom stereocenters. The SMILES string of the molecule is O=C(c1cccc(NC2=C(Cl)C(=O)N(Cc3ccccc3)C2=O)c1)N1CCCC1. The zero-order chi connectivity index (χ0) is 20.4. The van der Waals surface area contributed by atoms with Crippen molar-refractivity contribution in [3.8, 4) is 0 Å². The van der Waals surface area contributed by atoms with Crippen molar-refractivity contribution in [2.45, 2.75) is 19.4 Å².